The van der Waals surface area contributed by atoms with Crippen LogP contribution >= 0.6 is 0 Å². The van der Waals surface area contributed by atoms with Gasteiger partial charge >= 0.3 is 0 Å². The number of imide groups is 1. The predicted molar refractivity (Wildman–Crippen MR) is 63.2 cm³/mol. The zero-order chi connectivity index (χ0) is 11.8. The molecule has 0 bridgehead atoms. The molecule has 1 aliphatic heterocycles. The van der Waals surface area contributed by atoms with Gasteiger partial charge in [0.15, 0.2) is 0 Å². The molecule has 3 rings (SSSR count). The van der Waals surface area contributed by atoms with Crippen LogP contribution in [-0.2, 0) is 9.59 Å². The Morgan fingerprint density at radius 1 is 0.941 bits per heavy atom. The summed E-state index contributed by atoms with van der Waals surface area (Å²) in [5.41, 5.74) is 1.29. The summed E-state index contributed by atoms with van der Waals surface area (Å²) in [6.07, 6.45) is 2.65. The van der Waals surface area contributed by atoms with E-state index < -0.39 is 0 Å². The van der Waals surface area contributed by atoms with Gasteiger partial charge in [0.25, 0.3) is 0 Å². The molecule has 2 amide bonds. The van der Waals surface area contributed by atoms with E-state index in [1.54, 1.807) is 0 Å². The molecular weight excluding hydrogens is 214 g/mol. The molecule has 2 fully saturated rings. The van der Waals surface area contributed by atoms with Gasteiger partial charge in [-0.2, -0.15) is 0 Å². The van der Waals surface area contributed by atoms with Gasteiger partial charge in [-0.15, -0.1) is 0 Å². The lowest BCUT2D eigenvalue weighted by atomic mass is 9.73. The van der Waals surface area contributed by atoms with Gasteiger partial charge in [-0.25, -0.2) is 0 Å². The van der Waals surface area contributed by atoms with Gasteiger partial charge in [0.1, 0.15) is 0 Å². The van der Waals surface area contributed by atoms with Crippen LogP contribution in [0.2, 0.25) is 0 Å². The first-order valence-electron chi connectivity index (χ1n) is 6.15. The van der Waals surface area contributed by atoms with Crippen molar-refractivity contribution in [2.45, 2.75) is 25.2 Å². The van der Waals surface area contributed by atoms with Gasteiger partial charge in [0, 0.05) is 0 Å². The van der Waals surface area contributed by atoms with E-state index in [-0.39, 0.29) is 23.7 Å². The number of amides is 2. The topological polar surface area (TPSA) is 46.2 Å². The third kappa shape index (κ3) is 1.75. The van der Waals surface area contributed by atoms with Crippen LogP contribution < -0.4 is 5.32 Å². The third-order valence-corrected chi connectivity index (χ3v) is 4.04. The number of benzene rings is 1. The summed E-state index contributed by atoms with van der Waals surface area (Å²) in [5.74, 6) is 0.130. The smallest absolute Gasteiger partial charge is 0.230 e. The van der Waals surface area contributed by atoms with E-state index in [2.05, 4.69) is 17.4 Å². The van der Waals surface area contributed by atoms with Crippen molar-refractivity contribution in [1.82, 2.24) is 5.32 Å². The molecule has 1 heterocycles. The average molecular weight is 229 g/mol. The Morgan fingerprint density at radius 3 is 2.41 bits per heavy atom. The molecule has 3 atom stereocenters. The minimum atomic E-state index is -0.0959. The zero-order valence-electron chi connectivity index (χ0n) is 9.56. The fourth-order valence-electron chi connectivity index (χ4n) is 3.11. The molecular formula is C14H15NO2. The fourth-order valence-corrected chi connectivity index (χ4v) is 3.11. The van der Waals surface area contributed by atoms with E-state index in [0.29, 0.717) is 5.92 Å². The van der Waals surface area contributed by atoms with Gasteiger partial charge in [-0.1, -0.05) is 30.3 Å². The Hall–Kier alpha value is -1.64. The first-order valence-corrected chi connectivity index (χ1v) is 6.15. The molecule has 3 unspecified atom stereocenters. The van der Waals surface area contributed by atoms with Crippen molar-refractivity contribution in [2.24, 2.45) is 11.8 Å². The number of fused-ring (bicyclic) bond motifs is 1. The molecule has 1 aliphatic carbocycles. The number of rotatable bonds is 1. The average Bonchev–Trinajstić information content (AvgIpc) is 2.66. The molecule has 0 aromatic heterocycles. The summed E-state index contributed by atoms with van der Waals surface area (Å²) in [7, 11) is 0. The molecule has 1 aromatic carbocycles. The molecule has 3 nitrogen and oxygen atoms in total. The summed E-state index contributed by atoms with van der Waals surface area (Å²) in [4.78, 5) is 23.2. The molecule has 2 aliphatic rings. The monoisotopic (exact) mass is 229 g/mol. The van der Waals surface area contributed by atoms with E-state index in [4.69, 9.17) is 0 Å². The van der Waals surface area contributed by atoms with Gasteiger partial charge in [-0.05, 0) is 30.7 Å². The van der Waals surface area contributed by atoms with Crippen molar-refractivity contribution in [3.8, 4) is 0 Å². The van der Waals surface area contributed by atoms with Gasteiger partial charge in [-0.3, -0.25) is 14.9 Å². The van der Waals surface area contributed by atoms with Crippen LogP contribution in [0, 0.1) is 11.8 Å². The van der Waals surface area contributed by atoms with Crippen molar-refractivity contribution in [1.29, 1.82) is 0 Å². The Morgan fingerprint density at radius 2 is 1.65 bits per heavy atom. The highest BCUT2D eigenvalue weighted by Gasteiger charge is 2.45. The van der Waals surface area contributed by atoms with Crippen molar-refractivity contribution in [3.05, 3.63) is 35.9 Å². The van der Waals surface area contributed by atoms with E-state index in [9.17, 15) is 9.59 Å². The number of nitrogens with one attached hydrogen (secondary N) is 1. The van der Waals surface area contributed by atoms with E-state index in [1.165, 1.54) is 5.56 Å². The molecule has 17 heavy (non-hydrogen) atoms. The quantitative estimate of drug-likeness (QED) is 0.747. The normalized spacial score (nSPS) is 32.1. The molecule has 1 N–H and O–H groups in total. The summed E-state index contributed by atoms with van der Waals surface area (Å²) in [6, 6.07) is 10.3. The predicted octanol–water partition coefficient (Wildman–Crippen LogP) is 1.84. The summed E-state index contributed by atoms with van der Waals surface area (Å²) in [5, 5.41) is 2.45. The minimum absolute atomic E-state index is 0.0634. The molecule has 1 saturated carbocycles. The van der Waals surface area contributed by atoms with E-state index >= 15 is 0 Å². The fraction of sp³-hybridized carbons (Fsp3) is 0.429. The second kappa shape index (κ2) is 3.99. The summed E-state index contributed by atoms with van der Waals surface area (Å²) >= 11 is 0. The summed E-state index contributed by atoms with van der Waals surface area (Å²) < 4.78 is 0. The highest BCUT2D eigenvalue weighted by Crippen LogP contribution is 2.41. The number of hydrogen-bond donors (Lipinski definition) is 1. The molecule has 1 aromatic rings. The lowest BCUT2D eigenvalue weighted by Crippen LogP contribution is -2.26. The van der Waals surface area contributed by atoms with Crippen LogP contribution in [0.4, 0.5) is 0 Å². The molecule has 1 saturated heterocycles. The van der Waals surface area contributed by atoms with Crippen molar-refractivity contribution in [2.75, 3.05) is 0 Å². The number of hydrogen-bond acceptors (Lipinski definition) is 2. The molecule has 88 valence electrons. The van der Waals surface area contributed by atoms with Crippen LogP contribution in [0.25, 0.3) is 0 Å². The molecule has 0 spiro atoms. The highest BCUT2D eigenvalue weighted by atomic mass is 16.2. The molecule has 0 radical (unpaired) electrons. The number of carbonyl (C=O) groups excluding carboxylic acids is 2. The van der Waals surface area contributed by atoms with Gasteiger partial charge in [0.2, 0.25) is 11.8 Å². The largest absolute Gasteiger partial charge is 0.296 e. The lowest BCUT2D eigenvalue weighted by molar-refractivity contribution is -0.126. The SMILES string of the molecule is O=C1NC(=O)C2CC(c3ccccc3)CCC12. The van der Waals surface area contributed by atoms with Crippen LogP contribution in [0.1, 0.15) is 30.7 Å². The van der Waals surface area contributed by atoms with Crippen LogP contribution in [0.15, 0.2) is 30.3 Å². The minimum Gasteiger partial charge on any atom is -0.296 e. The maximum absolute atomic E-state index is 11.7. The Labute approximate surface area is 100 Å². The Bertz CT molecular complexity index is 455. The Kier molecular flexibility index (Phi) is 2.46. The maximum Gasteiger partial charge on any atom is 0.230 e. The van der Waals surface area contributed by atoms with Crippen LogP contribution in [0.3, 0.4) is 0 Å². The maximum atomic E-state index is 11.7. The van der Waals surface area contributed by atoms with Crippen LogP contribution in [-0.4, -0.2) is 11.8 Å². The van der Waals surface area contributed by atoms with Crippen molar-refractivity contribution < 1.29 is 9.59 Å². The van der Waals surface area contributed by atoms with Gasteiger partial charge < -0.3 is 0 Å². The first-order chi connectivity index (χ1) is 8.25. The second-order valence-corrected chi connectivity index (χ2v) is 4.99. The third-order valence-electron chi connectivity index (χ3n) is 4.04. The second-order valence-electron chi connectivity index (χ2n) is 4.99. The van der Waals surface area contributed by atoms with Gasteiger partial charge in [0.05, 0.1) is 11.8 Å². The summed E-state index contributed by atoms with van der Waals surface area (Å²) in [6.45, 7) is 0. The number of carbonyl (C=O) groups is 2. The van der Waals surface area contributed by atoms with E-state index in [1.807, 2.05) is 18.2 Å². The Balaban J connectivity index is 1.81. The molecule has 3 heteroatoms. The lowest BCUT2D eigenvalue weighted by Gasteiger charge is -2.29. The van der Waals surface area contributed by atoms with E-state index in [0.717, 1.165) is 19.3 Å². The standard InChI is InChI=1S/C14H15NO2/c16-13-11-7-6-10(8-12(11)14(17)15-13)9-4-2-1-3-5-9/h1-5,10-12H,6-8H2,(H,15,16,17). The van der Waals surface area contributed by atoms with Crippen molar-refractivity contribution >= 4 is 11.8 Å². The highest BCUT2D eigenvalue weighted by molar-refractivity contribution is 6.05. The van der Waals surface area contributed by atoms with Crippen LogP contribution in [0.5, 0.6) is 0 Å². The first kappa shape index (κ1) is 10.5. The zero-order valence-corrected chi connectivity index (χ0v) is 9.56. The van der Waals surface area contributed by atoms with Crippen molar-refractivity contribution in [3.63, 3.8) is 0 Å².